The molecule has 1 heterocycles. The number of alkyl halides is 3. The topological polar surface area (TPSA) is 46.3 Å². The minimum absolute atomic E-state index is 0. The molecule has 0 fully saturated rings. The van der Waals surface area contributed by atoms with Crippen LogP contribution in [0.25, 0.3) is 0 Å². The molecular weight excluding hydrogens is 353 g/mol. The third kappa shape index (κ3) is 4.14. The molecule has 0 saturated heterocycles. The van der Waals surface area contributed by atoms with Gasteiger partial charge in [-0.25, -0.2) is 0 Å². The predicted molar refractivity (Wildman–Crippen MR) is 92.9 cm³/mol. The smallest absolute Gasteiger partial charge is 0.320 e. The summed E-state index contributed by atoms with van der Waals surface area (Å²) < 4.78 is 38.9. The summed E-state index contributed by atoms with van der Waals surface area (Å²) in [6.45, 7) is 0.296. The van der Waals surface area contributed by atoms with E-state index in [0.717, 1.165) is 17.7 Å². The van der Waals surface area contributed by atoms with E-state index in [-0.39, 0.29) is 24.7 Å². The van der Waals surface area contributed by atoms with Gasteiger partial charge in [0.25, 0.3) is 0 Å². The number of carbonyl (C=O) groups is 1. The van der Waals surface area contributed by atoms with E-state index in [1.54, 1.807) is 0 Å². The highest BCUT2D eigenvalue weighted by Gasteiger charge is 2.35. The lowest BCUT2D eigenvalue weighted by atomic mass is 9.95. The minimum Gasteiger partial charge on any atom is -0.320 e. The highest BCUT2D eigenvalue weighted by atomic mass is 35.5. The molecule has 1 amide bonds. The highest BCUT2D eigenvalue weighted by Crippen LogP contribution is 2.35. The fourth-order valence-electron chi connectivity index (χ4n) is 2.92. The number of rotatable bonds is 3. The summed E-state index contributed by atoms with van der Waals surface area (Å²) in [6.07, 6.45) is -3.63. The first-order valence-corrected chi connectivity index (χ1v) is 7.67. The zero-order valence-corrected chi connectivity index (χ0v) is 14.1. The van der Waals surface area contributed by atoms with Gasteiger partial charge in [-0.15, -0.1) is 12.4 Å². The largest absolute Gasteiger partial charge is 0.416 e. The van der Waals surface area contributed by atoms with Crippen LogP contribution in [0.1, 0.15) is 16.7 Å². The molecule has 1 atom stereocenters. The fraction of sp³-hybridized carbons (Fsp3) is 0.278. The highest BCUT2D eigenvalue weighted by molar-refractivity contribution is 6.00. The Kier molecular flexibility index (Phi) is 5.75. The number of benzene rings is 2. The molecule has 3 rings (SSSR count). The first-order valence-electron chi connectivity index (χ1n) is 7.67. The number of hydrogen-bond acceptors (Lipinski definition) is 2. The van der Waals surface area contributed by atoms with Gasteiger partial charge in [-0.1, -0.05) is 36.4 Å². The van der Waals surface area contributed by atoms with Gasteiger partial charge in [0.1, 0.15) is 0 Å². The maximum absolute atomic E-state index is 13.0. The molecule has 1 aliphatic rings. The maximum Gasteiger partial charge on any atom is 0.416 e. The summed E-state index contributed by atoms with van der Waals surface area (Å²) in [5.74, 6) is -0.335. The average molecular weight is 371 g/mol. The summed E-state index contributed by atoms with van der Waals surface area (Å²) in [5, 5.41) is 0. The van der Waals surface area contributed by atoms with Gasteiger partial charge in [-0.2, -0.15) is 13.2 Å². The number of hydrogen-bond donors (Lipinski definition) is 1. The van der Waals surface area contributed by atoms with Crippen molar-refractivity contribution in [2.24, 2.45) is 5.73 Å². The number of fused-ring (bicyclic) bond motifs is 1. The van der Waals surface area contributed by atoms with E-state index in [0.29, 0.717) is 24.2 Å². The summed E-state index contributed by atoms with van der Waals surface area (Å²) in [6, 6.07) is 12.3. The van der Waals surface area contributed by atoms with E-state index in [1.165, 1.54) is 11.0 Å². The number of nitrogens with zero attached hydrogens (tertiary/aromatic N) is 1. The zero-order valence-electron chi connectivity index (χ0n) is 13.3. The van der Waals surface area contributed by atoms with E-state index in [2.05, 4.69) is 0 Å². The van der Waals surface area contributed by atoms with Crippen molar-refractivity contribution in [2.45, 2.75) is 25.1 Å². The van der Waals surface area contributed by atoms with Gasteiger partial charge in [-0.3, -0.25) is 4.79 Å². The Morgan fingerprint density at radius 3 is 2.44 bits per heavy atom. The first-order chi connectivity index (χ1) is 11.4. The number of amides is 1. The molecular formula is C18H18ClF3N2O. The van der Waals surface area contributed by atoms with Crippen LogP contribution in [-0.4, -0.2) is 18.5 Å². The molecule has 0 radical (unpaired) electrons. The summed E-state index contributed by atoms with van der Waals surface area (Å²) in [4.78, 5) is 13.8. The van der Waals surface area contributed by atoms with Crippen LogP contribution in [0, 0.1) is 0 Å². The number of carbonyl (C=O) groups excluding carboxylic acids is 1. The first kappa shape index (κ1) is 19.3. The average Bonchev–Trinajstić information content (AvgIpc) is 2.55. The van der Waals surface area contributed by atoms with Crippen molar-refractivity contribution in [3.8, 4) is 0 Å². The lowest BCUT2D eigenvalue weighted by Gasteiger charge is -2.33. The standard InChI is InChI=1S/C18H17F3N2O.ClH/c19-18(20,21)14-7-6-13-10-15(22)17(24)23(16(13)11-14)9-8-12-4-2-1-3-5-12;/h1-7,11,15H,8-10,22H2;1H/t15-;/m1./s1. The summed E-state index contributed by atoms with van der Waals surface area (Å²) >= 11 is 0. The molecule has 0 saturated carbocycles. The molecule has 2 aromatic carbocycles. The Labute approximate surface area is 150 Å². The molecule has 0 aromatic heterocycles. The SMILES string of the molecule is Cl.N[C@@H]1Cc2ccc(C(F)(F)F)cc2N(CCc2ccccc2)C1=O. The molecule has 1 aliphatic heterocycles. The number of anilines is 1. The normalized spacial score (nSPS) is 17.0. The van der Waals surface area contributed by atoms with E-state index >= 15 is 0 Å². The summed E-state index contributed by atoms with van der Waals surface area (Å²) in [7, 11) is 0. The minimum atomic E-state index is -4.44. The quantitative estimate of drug-likeness (QED) is 0.897. The molecule has 2 aromatic rings. The Hall–Kier alpha value is -2.05. The Morgan fingerprint density at radius 1 is 1.12 bits per heavy atom. The monoisotopic (exact) mass is 370 g/mol. The molecule has 3 nitrogen and oxygen atoms in total. The van der Waals surface area contributed by atoms with Crippen LogP contribution in [0.5, 0.6) is 0 Å². The van der Waals surface area contributed by atoms with Gasteiger partial charge in [0.2, 0.25) is 5.91 Å². The maximum atomic E-state index is 13.0. The summed E-state index contributed by atoms with van der Waals surface area (Å²) in [5.41, 5.74) is 7.10. The van der Waals surface area contributed by atoms with E-state index in [9.17, 15) is 18.0 Å². The molecule has 0 unspecified atom stereocenters. The Balaban J connectivity index is 0.00000225. The second-order valence-electron chi connectivity index (χ2n) is 5.88. The van der Waals surface area contributed by atoms with Crippen LogP contribution in [0.4, 0.5) is 18.9 Å². The molecule has 2 N–H and O–H groups in total. The Morgan fingerprint density at radius 2 is 1.80 bits per heavy atom. The third-order valence-corrected chi connectivity index (χ3v) is 4.19. The third-order valence-electron chi connectivity index (χ3n) is 4.19. The molecule has 0 aliphatic carbocycles. The van der Waals surface area contributed by atoms with Gasteiger partial charge < -0.3 is 10.6 Å². The second kappa shape index (κ2) is 7.45. The van der Waals surface area contributed by atoms with Gasteiger partial charge >= 0.3 is 6.18 Å². The molecule has 134 valence electrons. The van der Waals surface area contributed by atoms with Gasteiger partial charge in [0.05, 0.1) is 11.6 Å². The second-order valence-corrected chi connectivity index (χ2v) is 5.88. The van der Waals surface area contributed by atoms with Crippen LogP contribution < -0.4 is 10.6 Å². The van der Waals surface area contributed by atoms with E-state index < -0.39 is 17.8 Å². The number of nitrogens with two attached hydrogens (primary N) is 1. The molecule has 25 heavy (non-hydrogen) atoms. The van der Waals surface area contributed by atoms with Crippen LogP contribution in [0.15, 0.2) is 48.5 Å². The molecule has 7 heteroatoms. The van der Waals surface area contributed by atoms with Crippen molar-refractivity contribution in [1.82, 2.24) is 0 Å². The van der Waals surface area contributed by atoms with E-state index in [1.807, 2.05) is 30.3 Å². The Bertz CT molecular complexity index is 750. The van der Waals surface area contributed by atoms with Crippen molar-refractivity contribution in [1.29, 1.82) is 0 Å². The predicted octanol–water partition coefficient (Wildman–Crippen LogP) is 3.59. The van der Waals surface area contributed by atoms with Crippen molar-refractivity contribution in [3.63, 3.8) is 0 Å². The molecule has 0 spiro atoms. The number of halogens is 4. The fourth-order valence-corrected chi connectivity index (χ4v) is 2.92. The molecule has 0 bridgehead atoms. The van der Waals surface area contributed by atoms with Crippen LogP contribution in [0.2, 0.25) is 0 Å². The van der Waals surface area contributed by atoms with Crippen LogP contribution in [0.3, 0.4) is 0 Å². The van der Waals surface area contributed by atoms with Gasteiger partial charge in [-0.05, 0) is 36.1 Å². The van der Waals surface area contributed by atoms with Gasteiger partial charge in [0.15, 0.2) is 0 Å². The lowest BCUT2D eigenvalue weighted by molar-refractivity contribution is -0.137. The van der Waals surface area contributed by atoms with Crippen molar-refractivity contribution < 1.29 is 18.0 Å². The van der Waals surface area contributed by atoms with Crippen molar-refractivity contribution in [3.05, 3.63) is 65.2 Å². The van der Waals surface area contributed by atoms with Crippen LogP contribution in [-0.2, 0) is 23.8 Å². The lowest BCUT2D eigenvalue weighted by Crippen LogP contribution is -2.49. The van der Waals surface area contributed by atoms with Crippen molar-refractivity contribution in [2.75, 3.05) is 11.4 Å². The van der Waals surface area contributed by atoms with Gasteiger partial charge in [0, 0.05) is 12.2 Å². The van der Waals surface area contributed by atoms with Crippen molar-refractivity contribution >= 4 is 24.0 Å². The zero-order chi connectivity index (χ0) is 17.3. The van der Waals surface area contributed by atoms with E-state index in [4.69, 9.17) is 5.73 Å². The van der Waals surface area contributed by atoms with Crippen LogP contribution >= 0.6 is 12.4 Å².